The van der Waals surface area contributed by atoms with Crippen LogP contribution in [0.1, 0.15) is 58.8 Å². The lowest BCUT2D eigenvalue weighted by molar-refractivity contribution is 0.602. The summed E-state index contributed by atoms with van der Waals surface area (Å²) in [6.07, 6.45) is 9.52. The Morgan fingerprint density at radius 1 is 1.38 bits per heavy atom. The first kappa shape index (κ1) is 11.1. The lowest BCUT2D eigenvalue weighted by atomic mass is 10.1. The van der Waals surface area contributed by atoms with Gasteiger partial charge in [0.2, 0.25) is 0 Å². The van der Waals surface area contributed by atoms with Crippen LogP contribution < -0.4 is 0 Å². The molecule has 0 amide bonds. The molecule has 2 heteroatoms. The SMILES string of the molecule is CCCCCCC1CCC(C)=NS1. The fraction of sp³-hybridized carbons (Fsp3) is 0.909. The van der Waals surface area contributed by atoms with E-state index in [0.29, 0.717) is 0 Å². The number of nitrogens with zero attached hydrogens (tertiary/aromatic N) is 1. The lowest BCUT2D eigenvalue weighted by Gasteiger charge is -2.17. The molecule has 0 fully saturated rings. The Morgan fingerprint density at radius 2 is 2.23 bits per heavy atom. The minimum atomic E-state index is 0.820. The van der Waals surface area contributed by atoms with Gasteiger partial charge in [-0.05, 0) is 38.1 Å². The number of rotatable bonds is 5. The van der Waals surface area contributed by atoms with Crippen molar-refractivity contribution in [3.05, 3.63) is 0 Å². The molecular formula is C11H21NS. The quantitative estimate of drug-likeness (QED) is 0.477. The average molecular weight is 199 g/mol. The molecule has 0 N–H and O–H groups in total. The van der Waals surface area contributed by atoms with Crippen LogP contribution in [0.5, 0.6) is 0 Å². The van der Waals surface area contributed by atoms with Crippen molar-refractivity contribution >= 4 is 17.7 Å². The van der Waals surface area contributed by atoms with Gasteiger partial charge in [0.25, 0.3) is 0 Å². The second-order valence-corrected chi connectivity index (χ2v) is 5.00. The van der Waals surface area contributed by atoms with E-state index >= 15 is 0 Å². The molecule has 0 bridgehead atoms. The molecular weight excluding hydrogens is 178 g/mol. The molecule has 1 nitrogen and oxygen atoms in total. The van der Waals surface area contributed by atoms with Gasteiger partial charge in [0.15, 0.2) is 0 Å². The molecule has 0 aromatic heterocycles. The summed E-state index contributed by atoms with van der Waals surface area (Å²) in [5.41, 5.74) is 1.33. The van der Waals surface area contributed by atoms with E-state index in [1.165, 1.54) is 50.7 Å². The Bertz CT molecular complexity index is 165. The molecule has 0 saturated heterocycles. The molecule has 1 unspecified atom stereocenters. The number of hydrogen-bond acceptors (Lipinski definition) is 2. The molecule has 1 atom stereocenters. The minimum absolute atomic E-state index is 0.820. The van der Waals surface area contributed by atoms with Crippen molar-refractivity contribution in [2.75, 3.05) is 0 Å². The Labute approximate surface area is 86.5 Å². The van der Waals surface area contributed by atoms with E-state index in [1.807, 2.05) is 11.9 Å². The summed E-state index contributed by atoms with van der Waals surface area (Å²) >= 11 is 1.82. The highest BCUT2D eigenvalue weighted by molar-refractivity contribution is 7.98. The monoisotopic (exact) mass is 199 g/mol. The average Bonchev–Trinajstić information content (AvgIpc) is 2.15. The van der Waals surface area contributed by atoms with Crippen LogP contribution >= 0.6 is 11.9 Å². The topological polar surface area (TPSA) is 12.4 Å². The maximum atomic E-state index is 4.44. The van der Waals surface area contributed by atoms with Crippen molar-refractivity contribution in [2.24, 2.45) is 4.40 Å². The van der Waals surface area contributed by atoms with Crippen LogP contribution in [-0.4, -0.2) is 11.0 Å². The standard InChI is InChI=1S/C11H21NS/c1-3-4-5-6-7-11-9-8-10(2)12-13-11/h11H,3-9H2,1-2H3. The summed E-state index contributed by atoms with van der Waals surface area (Å²) in [5, 5.41) is 0.820. The summed E-state index contributed by atoms with van der Waals surface area (Å²) in [5.74, 6) is 0. The molecule has 13 heavy (non-hydrogen) atoms. The Morgan fingerprint density at radius 3 is 2.85 bits per heavy atom. The summed E-state index contributed by atoms with van der Waals surface area (Å²) in [4.78, 5) is 0. The van der Waals surface area contributed by atoms with Crippen LogP contribution in [-0.2, 0) is 0 Å². The van der Waals surface area contributed by atoms with E-state index in [9.17, 15) is 0 Å². The van der Waals surface area contributed by atoms with Gasteiger partial charge in [0, 0.05) is 11.0 Å². The first-order chi connectivity index (χ1) is 6.33. The van der Waals surface area contributed by atoms with E-state index in [4.69, 9.17) is 0 Å². The molecule has 0 aromatic rings. The highest BCUT2D eigenvalue weighted by Gasteiger charge is 2.13. The van der Waals surface area contributed by atoms with Crippen LogP contribution in [0.2, 0.25) is 0 Å². The van der Waals surface area contributed by atoms with Gasteiger partial charge in [-0.25, -0.2) is 4.40 Å². The molecule has 0 aliphatic carbocycles. The summed E-state index contributed by atoms with van der Waals surface area (Å²) in [6, 6.07) is 0. The van der Waals surface area contributed by atoms with Crippen LogP contribution in [0, 0.1) is 0 Å². The second-order valence-electron chi connectivity index (χ2n) is 3.94. The zero-order valence-electron chi connectivity index (χ0n) is 8.88. The lowest BCUT2D eigenvalue weighted by Crippen LogP contribution is -2.09. The third-order valence-corrected chi connectivity index (χ3v) is 3.75. The Balaban J connectivity index is 2.03. The molecule has 76 valence electrons. The number of hydrogen-bond donors (Lipinski definition) is 0. The van der Waals surface area contributed by atoms with E-state index in [-0.39, 0.29) is 0 Å². The van der Waals surface area contributed by atoms with E-state index < -0.39 is 0 Å². The third kappa shape index (κ3) is 4.70. The van der Waals surface area contributed by atoms with Crippen molar-refractivity contribution in [2.45, 2.75) is 64.0 Å². The first-order valence-electron chi connectivity index (χ1n) is 5.52. The first-order valence-corrected chi connectivity index (χ1v) is 6.36. The second kappa shape index (κ2) is 6.47. The van der Waals surface area contributed by atoms with Crippen LogP contribution in [0.15, 0.2) is 4.40 Å². The third-order valence-electron chi connectivity index (χ3n) is 2.57. The fourth-order valence-corrected chi connectivity index (χ4v) is 2.54. The van der Waals surface area contributed by atoms with E-state index in [2.05, 4.69) is 18.2 Å². The molecule has 1 aliphatic rings. The molecule has 1 rings (SSSR count). The smallest absolute Gasteiger partial charge is 0.0270 e. The summed E-state index contributed by atoms with van der Waals surface area (Å²) in [7, 11) is 0. The molecule has 1 aliphatic heterocycles. The molecule has 0 aromatic carbocycles. The van der Waals surface area contributed by atoms with Crippen LogP contribution in [0.3, 0.4) is 0 Å². The van der Waals surface area contributed by atoms with Gasteiger partial charge in [0.1, 0.15) is 0 Å². The zero-order valence-corrected chi connectivity index (χ0v) is 9.70. The Hall–Kier alpha value is 0.0200. The maximum Gasteiger partial charge on any atom is 0.0270 e. The summed E-state index contributed by atoms with van der Waals surface area (Å²) < 4.78 is 4.44. The molecule has 0 saturated carbocycles. The van der Waals surface area contributed by atoms with Gasteiger partial charge in [-0.2, -0.15) is 0 Å². The van der Waals surface area contributed by atoms with Crippen LogP contribution in [0.4, 0.5) is 0 Å². The predicted molar refractivity (Wildman–Crippen MR) is 62.5 cm³/mol. The van der Waals surface area contributed by atoms with Crippen LogP contribution in [0.25, 0.3) is 0 Å². The maximum absolute atomic E-state index is 4.44. The van der Waals surface area contributed by atoms with Crippen molar-refractivity contribution in [1.82, 2.24) is 0 Å². The highest BCUT2D eigenvalue weighted by Crippen LogP contribution is 2.28. The summed E-state index contributed by atoms with van der Waals surface area (Å²) in [6.45, 7) is 4.41. The van der Waals surface area contributed by atoms with Gasteiger partial charge in [-0.3, -0.25) is 0 Å². The van der Waals surface area contributed by atoms with Gasteiger partial charge in [-0.15, -0.1) is 0 Å². The largest absolute Gasteiger partial charge is 0.226 e. The van der Waals surface area contributed by atoms with Crippen molar-refractivity contribution in [3.8, 4) is 0 Å². The number of unbranched alkanes of at least 4 members (excludes halogenated alkanes) is 3. The van der Waals surface area contributed by atoms with Gasteiger partial charge >= 0.3 is 0 Å². The fourth-order valence-electron chi connectivity index (χ4n) is 1.63. The molecule has 1 heterocycles. The van der Waals surface area contributed by atoms with Crippen molar-refractivity contribution in [3.63, 3.8) is 0 Å². The minimum Gasteiger partial charge on any atom is -0.226 e. The normalized spacial score (nSPS) is 22.9. The van der Waals surface area contributed by atoms with Crippen molar-refractivity contribution < 1.29 is 0 Å². The van der Waals surface area contributed by atoms with E-state index in [1.54, 1.807) is 0 Å². The van der Waals surface area contributed by atoms with Crippen molar-refractivity contribution in [1.29, 1.82) is 0 Å². The zero-order chi connectivity index (χ0) is 9.52. The molecule has 0 spiro atoms. The van der Waals surface area contributed by atoms with Gasteiger partial charge < -0.3 is 0 Å². The van der Waals surface area contributed by atoms with E-state index in [0.717, 1.165) is 5.25 Å². The molecule has 0 radical (unpaired) electrons. The van der Waals surface area contributed by atoms with Gasteiger partial charge in [-0.1, -0.05) is 32.6 Å². The Kier molecular flexibility index (Phi) is 5.52. The highest BCUT2D eigenvalue weighted by atomic mass is 32.2. The predicted octanol–water partition coefficient (Wildman–Crippen LogP) is 4.23. The van der Waals surface area contributed by atoms with Gasteiger partial charge in [0.05, 0.1) is 0 Å².